The maximum atomic E-state index is 11.8. The van der Waals surface area contributed by atoms with Crippen LogP contribution in [0.2, 0.25) is 0 Å². The van der Waals surface area contributed by atoms with E-state index in [4.69, 9.17) is 20.3 Å². The number of carbonyl (C=O) groups is 2. The van der Waals surface area contributed by atoms with Gasteiger partial charge in [-0.3, -0.25) is 20.4 Å². The Labute approximate surface area is 284 Å². The first-order valence-electron chi connectivity index (χ1n) is 18.1. The molecule has 0 atom stereocenters. The van der Waals surface area contributed by atoms with Crippen molar-refractivity contribution in [1.82, 2.24) is 10.6 Å². The number of nitrogens with one attached hydrogen (secondary N) is 4. The van der Waals surface area contributed by atoms with E-state index in [0.717, 1.165) is 81.0 Å². The molecular formula is C35H68N4O4S2. The Balaban J connectivity index is 3.41. The van der Waals surface area contributed by atoms with Crippen molar-refractivity contribution >= 4 is 47.1 Å². The summed E-state index contributed by atoms with van der Waals surface area (Å²) in [7, 11) is 0. The molecule has 45 heavy (non-hydrogen) atoms. The molecule has 0 fully saturated rings. The molecule has 0 unspecified atom stereocenters. The lowest BCUT2D eigenvalue weighted by Gasteiger charge is -2.10. The minimum absolute atomic E-state index is 0.0912. The molecule has 0 aliphatic carbocycles. The number of thioether (sulfide) groups is 2. The Bertz CT molecular complexity index is 670. The van der Waals surface area contributed by atoms with Gasteiger partial charge in [0.25, 0.3) is 0 Å². The first kappa shape index (κ1) is 43.6. The third kappa shape index (κ3) is 35.3. The normalized spacial score (nSPS) is 10.9. The second kappa shape index (κ2) is 35.4. The summed E-state index contributed by atoms with van der Waals surface area (Å²) in [6, 6.07) is 0. The quantitative estimate of drug-likeness (QED) is 0.0231. The molecule has 0 amide bonds. The van der Waals surface area contributed by atoms with Crippen molar-refractivity contribution in [3.8, 4) is 0 Å². The standard InChI is InChI=1S/C35H68N4O4S2/c1-3-5-7-9-11-13-15-26-42-34(40)22-30-44-28-17-20-32(36)38-24-19-25-39-33(37)21-18-29-45-31-23-35(41)43-27-16-14-12-10-8-6-4-2/h3-31H2,1-2H3,(H2,36,38)(H2,37,39). The SMILES string of the molecule is CCCCCCCCCOC(=O)CCSCCCC(=N)NCCCNC(=N)CCCSCCC(=O)OCCCCCCCCC. The molecule has 0 aliphatic heterocycles. The lowest BCUT2D eigenvalue weighted by atomic mass is 10.1. The van der Waals surface area contributed by atoms with Gasteiger partial charge in [-0.25, -0.2) is 0 Å². The van der Waals surface area contributed by atoms with Crippen LogP contribution >= 0.6 is 23.5 Å². The molecule has 0 radical (unpaired) electrons. The lowest BCUT2D eigenvalue weighted by Crippen LogP contribution is -2.29. The highest BCUT2D eigenvalue weighted by Crippen LogP contribution is 2.11. The Hall–Kier alpha value is -1.42. The zero-order valence-electron chi connectivity index (χ0n) is 29.0. The van der Waals surface area contributed by atoms with Crippen LogP contribution < -0.4 is 10.6 Å². The molecule has 8 nitrogen and oxygen atoms in total. The monoisotopic (exact) mass is 672 g/mol. The van der Waals surface area contributed by atoms with Crippen molar-refractivity contribution < 1.29 is 19.1 Å². The predicted molar refractivity (Wildman–Crippen MR) is 196 cm³/mol. The molecule has 4 N–H and O–H groups in total. The Morgan fingerprint density at radius 3 is 1.27 bits per heavy atom. The van der Waals surface area contributed by atoms with Gasteiger partial charge in [-0.15, -0.1) is 0 Å². The molecule has 0 aromatic heterocycles. The van der Waals surface area contributed by atoms with Gasteiger partial charge in [0.15, 0.2) is 0 Å². The van der Waals surface area contributed by atoms with Crippen LogP contribution in [-0.4, -0.2) is 72.9 Å². The van der Waals surface area contributed by atoms with E-state index in [1.807, 2.05) is 0 Å². The molecule has 0 spiro atoms. The number of unbranched alkanes of at least 4 members (excludes halogenated alkanes) is 12. The smallest absolute Gasteiger partial charge is 0.306 e. The summed E-state index contributed by atoms with van der Waals surface area (Å²) in [4.78, 5) is 23.7. The van der Waals surface area contributed by atoms with Crippen molar-refractivity contribution in [3.05, 3.63) is 0 Å². The number of esters is 2. The zero-order valence-corrected chi connectivity index (χ0v) is 30.6. The van der Waals surface area contributed by atoms with Gasteiger partial charge >= 0.3 is 11.9 Å². The zero-order chi connectivity index (χ0) is 33.1. The second-order valence-electron chi connectivity index (χ2n) is 11.8. The minimum atomic E-state index is -0.0912. The van der Waals surface area contributed by atoms with E-state index < -0.39 is 0 Å². The number of ether oxygens (including phenoxy) is 2. The van der Waals surface area contributed by atoms with Gasteiger partial charge in [-0.2, -0.15) is 23.5 Å². The number of hydrogen-bond acceptors (Lipinski definition) is 8. The Kier molecular flexibility index (Phi) is 34.3. The fourth-order valence-electron chi connectivity index (χ4n) is 4.60. The highest BCUT2D eigenvalue weighted by Gasteiger charge is 2.05. The van der Waals surface area contributed by atoms with Crippen LogP contribution in [-0.2, 0) is 19.1 Å². The van der Waals surface area contributed by atoms with Crippen molar-refractivity contribution in [2.75, 3.05) is 49.3 Å². The highest BCUT2D eigenvalue weighted by molar-refractivity contribution is 7.99. The van der Waals surface area contributed by atoms with E-state index in [1.54, 1.807) is 23.5 Å². The van der Waals surface area contributed by atoms with Crippen molar-refractivity contribution in [2.45, 2.75) is 149 Å². The average Bonchev–Trinajstić information content (AvgIpc) is 3.03. The Morgan fingerprint density at radius 2 is 0.867 bits per heavy atom. The van der Waals surface area contributed by atoms with Gasteiger partial charge < -0.3 is 20.1 Å². The van der Waals surface area contributed by atoms with Crippen LogP contribution in [0.5, 0.6) is 0 Å². The van der Waals surface area contributed by atoms with Gasteiger partial charge in [0, 0.05) is 37.4 Å². The lowest BCUT2D eigenvalue weighted by molar-refractivity contribution is -0.144. The van der Waals surface area contributed by atoms with Crippen LogP contribution in [0.15, 0.2) is 0 Å². The van der Waals surface area contributed by atoms with E-state index in [-0.39, 0.29) is 11.9 Å². The maximum Gasteiger partial charge on any atom is 0.306 e. The van der Waals surface area contributed by atoms with Crippen LogP contribution in [0, 0.1) is 10.8 Å². The third-order valence-corrected chi connectivity index (χ3v) is 9.52. The molecule has 0 heterocycles. The van der Waals surface area contributed by atoms with Gasteiger partial charge in [-0.05, 0) is 43.6 Å². The van der Waals surface area contributed by atoms with E-state index in [2.05, 4.69) is 24.5 Å². The fraction of sp³-hybridized carbons (Fsp3) is 0.886. The first-order chi connectivity index (χ1) is 22.0. The first-order valence-corrected chi connectivity index (χ1v) is 20.4. The molecule has 0 aromatic rings. The fourth-order valence-corrected chi connectivity index (χ4v) is 6.32. The third-order valence-electron chi connectivity index (χ3n) is 7.38. The molecule has 0 saturated heterocycles. The summed E-state index contributed by atoms with van der Waals surface area (Å²) in [5.41, 5.74) is 0. The van der Waals surface area contributed by atoms with Gasteiger partial charge in [-0.1, -0.05) is 90.9 Å². The molecule has 10 heteroatoms. The summed E-state index contributed by atoms with van der Waals surface area (Å²) < 4.78 is 10.7. The molecular weight excluding hydrogens is 605 g/mol. The van der Waals surface area contributed by atoms with Crippen molar-refractivity contribution in [2.24, 2.45) is 0 Å². The largest absolute Gasteiger partial charge is 0.466 e. The summed E-state index contributed by atoms with van der Waals surface area (Å²) in [5.74, 6) is 4.36. The van der Waals surface area contributed by atoms with Gasteiger partial charge in [0.2, 0.25) is 0 Å². The van der Waals surface area contributed by atoms with E-state index in [9.17, 15) is 9.59 Å². The predicted octanol–water partition coefficient (Wildman–Crippen LogP) is 8.90. The molecule has 0 aromatic carbocycles. The Morgan fingerprint density at radius 1 is 0.489 bits per heavy atom. The maximum absolute atomic E-state index is 11.8. The summed E-state index contributed by atoms with van der Waals surface area (Å²) in [5, 5.41) is 22.5. The minimum Gasteiger partial charge on any atom is -0.466 e. The van der Waals surface area contributed by atoms with E-state index in [0.29, 0.717) is 50.6 Å². The summed E-state index contributed by atoms with van der Waals surface area (Å²) in [6.07, 6.45) is 22.2. The van der Waals surface area contributed by atoms with Crippen LogP contribution in [0.25, 0.3) is 0 Å². The summed E-state index contributed by atoms with van der Waals surface area (Å²) in [6.45, 7) is 7.00. The molecule has 0 bridgehead atoms. The van der Waals surface area contributed by atoms with E-state index in [1.165, 1.54) is 64.2 Å². The molecule has 0 aliphatic rings. The number of rotatable bonds is 34. The van der Waals surface area contributed by atoms with Gasteiger partial charge in [0.05, 0.1) is 37.7 Å². The number of hydrogen-bond donors (Lipinski definition) is 4. The van der Waals surface area contributed by atoms with Crippen LogP contribution in [0.4, 0.5) is 0 Å². The van der Waals surface area contributed by atoms with E-state index >= 15 is 0 Å². The average molecular weight is 673 g/mol. The molecule has 0 saturated carbocycles. The van der Waals surface area contributed by atoms with Crippen molar-refractivity contribution in [1.29, 1.82) is 10.8 Å². The second-order valence-corrected chi connectivity index (χ2v) is 14.2. The topological polar surface area (TPSA) is 124 Å². The van der Waals surface area contributed by atoms with Gasteiger partial charge in [0.1, 0.15) is 0 Å². The van der Waals surface area contributed by atoms with Crippen LogP contribution in [0.3, 0.4) is 0 Å². The number of amidine groups is 2. The summed E-state index contributed by atoms with van der Waals surface area (Å²) >= 11 is 3.50. The molecule has 0 rings (SSSR count). The van der Waals surface area contributed by atoms with Crippen molar-refractivity contribution in [3.63, 3.8) is 0 Å². The molecule has 264 valence electrons. The van der Waals surface area contributed by atoms with Crippen LogP contribution in [0.1, 0.15) is 149 Å². The highest BCUT2D eigenvalue weighted by atomic mass is 32.2. The number of carbonyl (C=O) groups excluding carboxylic acids is 2.